The summed E-state index contributed by atoms with van der Waals surface area (Å²) >= 11 is 5.60. The lowest BCUT2D eigenvalue weighted by Crippen LogP contribution is -2.05. The molecule has 0 aromatic carbocycles. The minimum Gasteiger partial charge on any atom is -0.366 e. The molecule has 0 fully saturated rings. The second-order valence-electron chi connectivity index (χ2n) is 2.14. The zero-order chi connectivity index (χ0) is 8.97. The second-order valence-corrected chi connectivity index (χ2v) is 2.57. The van der Waals surface area contributed by atoms with Crippen LogP contribution in [0, 0.1) is 0 Å². The Hall–Kier alpha value is -1.35. The van der Waals surface area contributed by atoms with E-state index in [1.807, 2.05) is 0 Å². The second kappa shape index (κ2) is 3.88. The van der Waals surface area contributed by atoms with Crippen molar-refractivity contribution < 1.29 is 4.79 Å². The molecule has 0 radical (unpaired) electrons. The molecule has 4 heteroatoms. The van der Waals surface area contributed by atoms with Crippen molar-refractivity contribution in [2.75, 3.05) is 0 Å². The number of carbonyl (C=O) groups excluding carboxylic acids is 1. The van der Waals surface area contributed by atoms with E-state index in [2.05, 4.69) is 4.98 Å². The average molecular weight is 183 g/mol. The Kier molecular flexibility index (Phi) is 2.82. The van der Waals surface area contributed by atoms with Gasteiger partial charge in [-0.3, -0.25) is 9.78 Å². The smallest absolute Gasteiger partial charge is 0.241 e. The van der Waals surface area contributed by atoms with Crippen molar-refractivity contribution in [1.29, 1.82) is 0 Å². The standard InChI is InChI=1S/C8H7ClN2O/c9-6-1-2-7(11-5-6)3-4-8(10)12/h1-5H,(H2,10,12). The molecular weight excluding hydrogens is 176 g/mol. The molecule has 0 aliphatic heterocycles. The molecule has 0 aliphatic rings. The van der Waals surface area contributed by atoms with Crippen molar-refractivity contribution in [2.45, 2.75) is 0 Å². The van der Waals surface area contributed by atoms with E-state index < -0.39 is 5.91 Å². The van der Waals surface area contributed by atoms with Gasteiger partial charge >= 0.3 is 0 Å². The molecular formula is C8H7ClN2O. The first kappa shape index (κ1) is 8.74. The van der Waals surface area contributed by atoms with Crippen LogP contribution >= 0.6 is 11.6 Å². The summed E-state index contributed by atoms with van der Waals surface area (Å²) in [6.45, 7) is 0. The third-order valence-corrected chi connectivity index (χ3v) is 1.39. The molecule has 2 N–H and O–H groups in total. The molecule has 1 amide bonds. The van der Waals surface area contributed by atoms with E-state index in [9.17, 15) is 4.79 Å². The molecule has 3 nitrogen and oxygen atoms in total. The van der Waals surface area contributed by atoms with Gasteiger partial charge in [-0.25, -0.2) is 0 Å². The van der Waals surface area contributed by atoms with Gasteiger partial charge in [0.05, 0.1) is 10.7 Å². The fourth-order valence-corrected chi connectivity index (χ4v) is 0.765. The van der Waals surface area contributed by atoms with E-state index in [4.69, 9.17) is 17.3 Å². The topological polar surface area (TPSA) is 56.0 Å². The van der Waals surface area contributed by atoms with Crippen molar-refractivity contribution in [1.82, 2.24) is 4.98 Å². The van der Waals surface area contributed by atoms with E-state index in [1.165, 1.54) is 18.3 Å². The van der Waals surface area contributed by atoms with Crippen molar-refractivity contribution in [2.24, 2.45) is 5.73 Å². The van der Waals surface area contributed by atoms with Gasteiger partial charge in [0.25, 0.3) is 0 Å². The average Bonchev–Trinajstić information content (AvgIpc) is 2.03. The highest BCUT2D eigenvalue weighted by Crippen LogP contribution is 2.06. The predicted molar refractivity (Wildman–Crippen MR) is 47.5 cm³/mol. The Morgan fingerprint density at radius 2 is 2.33 bits per heavy atom. The van der Waals surface area contributed by atoms with Gasteiger partial charge in [0.2, 0.25) is 5.91 Å². The first-order chi connectivity index (χ1) is 5.68. The van der Waals surface area contributed by atoms with Crippen molar-refractivity contribution in [3.63, 3.8) is 0 Å². The lowest BCUT2D eigenvalue weighted by Gasteiger charge is -1.90. The molecule has 62 valence electrons. The minimum atomic E-state index is -0.494. The first-order valence-electron chi connectivity index (χ1n) is 3.27. The highest BCUT2D eigenvalue weighted by molar-refractivity contribution is 6.30. The molecule has 1 aromatic heterocycles. The van der Waals surface area contributed by atoms with Crippen molar-refractivity contribution >= 4 is 23.6 Å². The highest BCUT2D eigenvalue weighted by Gasteiger charge is 1.89. The Morgan fingerprint density at radius 3 is 2.83 bits per heavy atom. The number of hydrogen-bond donors (Lipinski definition) is 1. The van der Waals surface area contributed by atoms with E-state index in [-0.39, 0.29) is 0 Å². The van der Waals surface area contributed by atoms with Gasteiger partial charge in [-0.2, -0.15) is 0 Å². The predicted octanol–water partition coefficient (Wildman–Crippen LogP) is 1.23. The largest absolute Gasteiger partial charge is 0.366 e. The highest BCUT2D eigenvalue weighted by atomic mass is 35.5. The number of carbonyl (C=O) groups is 1. The van der Waals surface area contributed by atoms with Crippen LogP contribution in [0.25, 0.3) is 6.08 Å². The number of nitrogens with two attached hydrogens (primary N) is 1. The number of halogens is 1. The summed E-state index contributed by atoms with van der Waals surface area (Å²) in [6, 6.07) is 3.39. The first-order valence-corrected chi connectivity index (χ1v) is 3.65. The number of hydrogen-bond acceptors (Lipinski definition) is 2. The SMILES string of the molecule is NC(=O)C=Cc1ccc(Cl)cn1. The van der Waals surface area contributed by atoms with Crippen LogP contribution in [-0.2, 0) is 4.79 Å². The maximum absolute atomic E-state index is 10.3. The molecule has 12 heavy (non-hydrogen) atoms. The zero-order valence-electron chi connectivity index (χ0n) is 6.20. The maximum atomic E-state index is 10.3. The number of pyridine rings is 1. The summed E-state index contributed by atoms with van der Waals surface area (Å²) < 4.78 is 0. The fourth-order valence-electron chi connectivity index (χ4n) is 0.653. The number of nitrogens with zero attached hydrogens (tertiary/aromatic N) is 1. The number of amides is 1. The quantitative estimate of drug-likeness (QED) is 0.700. The Bertz CT molecular complexity index is 305. The van der Waals surface area contributed by atoms with E-state index in [0.29, 0.717) is 10.7 Å². The van der Waals surface area contributed by atoms with Crippen LogP contribution in [-0.4, -0.2) is 10.9 Å². The molecule has 1 rings (SSSR count). The van der Waals surface area contributed by atoms with Crippen LogP contribution in [0.15, 0.2) is 24.4 Å². The van der Waals surface area contributed by atoms with Gasteiger partial charge in [-0.15, -0.1) is 0 Å². The zero-order valence-corrected chi connectivity index (χ0v) is 6.95. The van der Waals surface area contributed by atoms with E-state index >= 15 is 0 Å². The van der Waals surface area contributed by atoms with Crippen molar-refractivity contribution in [3.05, 3.63) is 35.1 Å². The lowest BCUT2D eigenvalue weighted by molar-refractivity contribution is -0.113. The van der Waals surface area contributed by atoms with Gasteiger partial charge in [0.15, 0.2) is 0 Å². The lowest BCUT2D eigenvalue weighted by atomic mass is 10.3. The summed E-state index contributed by atoms with van der Waals surface area (Å²) in [4.78, 5) is 14.2. The molecule has 0 spiro atoms. The summed E-state index contributed by atoms with van der Waals surface area (Å²) in [7, 11) is 0. The Balaban J connectivity index is 2.77. The Morgan fingerprint density at radius 1 is 1.58 bits per heavy atom. The monoisotopic (exact) mass is 182 g/mol. The number of primary amides is 1. The number of aromatic nitrogens is 1. The van der Waals surface area contributed by atoms with Gasteiger partial charge in [0.1, 0.15) is 0 Å². The van der Waals surface area contributed by atoms with Crippen LogP contribution in [0.5, 0.6) is 0 Å². The van der Waals surface area contributed by atoms with Crippen LogP contribution in [0.2, 0.25) is 5.02 Å². The summed E-state index contributed by atoms with van der Waals surface area (Å²) in [5, 5.41) is 0.561. The van der Waals surface area contributed by atoms with Crippen LogP contribution < -0.4 is 5.73 Å². The molecule has 0 unspecified atom stereocenters. The van der Waals surface area contributed by atoms with Gasteiger partial charge in [-0.1, -0.05) is 11.6 Å². The molecule has 1 aromatic rings. The molecule has 1 heterocycles. The van der Waals surface area contributed by atoms with Crippen LogP contribution in [0.1, 0.15) is 5.69 Å². The van der Waals surface area contributed by atoms with Gasteiger partial charge in [-0.05, 0) is 18.2 Å². The third kappa shape index (κ3) is 2.72. The summed E-state index contributed by atoms with van der Waals surface area (Å²) in [6.07, 6.45) is 4.27. The van der Waals surface area contributed by atoms with Crippen molar-refractivity contribution in [3.8, 4) is 0 Å². The molecule has 0 saturated carbocycles. The van der Waals surface area contributed by atoms with Crippen LogP contribution in [0.4, 0.5) is 0 Å². The third-order valence-electron chi connectivity index (χ3n) is 1.17. The molecule has 0 saturated heterocycles. The molecule has 0 aliphatic carbocycles. The van der Waals surface area contributed by atoms with Crippen LogP contribution in [0.3, 0.4) is 0 Å². The molecule has 0 atom stereocenters. The van der Waals surface area contributed by atoms with E-state index in [1.54, 1.807) is 12.1 Å². The normalized spacial score (nSPS) is 10.4. The van der Waals surface area contributed by atoms with E-state index in [0.717, 1.165) is 0 Å². The molecule has 0 bridgehead atoms. The number of rotatable bonds is 2. The summed E-state index contributed by atoms with van der Waals surface area (Å²) in [5.41, 5.74) is 5.54. The van der Waals surface area contributed by atoms with Gasteiger partial charge in [0, 0.05) is 12.3 Å². The summed E-state index contributed by atoms with van der Waals surface area (Å²) in [5.74, 6) is -0.494. The minimum absolute atomic E-state index is 0.494. The fraction of sp³-hybridized carbons (Fsp3) is 0. The maximum Gasteiger partial charge on any atom is 0.241 e. The van der Waals surface area contributed by atoms with Gasteiger partial charge < -0.3 is 5.73 Å². The Labute approximate surface area is 74.9 Å².